The van der Waals surface area contributed by atoms with Gasteiger partial charge >= 0.3 is 0 Å². The van der Waals surface area contributed by atoms with Crippen LogP contribution in [-0.4, -0.2) is 53.2 Å². The number of anilines is 2. The van der Waals surface area contributed by atoms with Gasteiger partial charge in [0.1, 0.15) is 5.82 Å². The minimum Gasteiger partial charge on any atom is -0.493 e. The molecule has 0 atom stereocenters. The second-order valence-electron chi connectivity index (χ2n) is 6.81. The van der Waals surface area contributed by atoms with Crippen LogP contribution in [0.2, 0.25) is 0 Å². The van der Waals surface area contributed by atoms with E-state index in [9.17, 15) is 13.2 Å². The number of nitrogens with one attached hydrogen (secondary N) is 2. The lowest BCUT2D eigenvalue weighted by Gasteiger charge is -2.17. The summed E-state index contributed by atoms with van der Waals surface area (Å²) in [6.07, 6.45) is 4.07. The first-order valence-electron chi connectivity index (χ1n) is 9.65. The van der Waals surface area contributed by atoms with Gasteiger partial charge in [-0.25, -0.2) is 18.1 Å². The van der Waals surface area contributed by atoms with Gasteiger partial charge in [0.15, 0.2) is 11.5 Å². The quantitative estimate of drug-likeness (QED) is 0.621. The largest absolute Gasteiger partial charge is 0.493 e. The van der Waals surface area contributed by atoms with Gasteiger partial charge < -0.3 is 19.7 Å². The van der Waals surface area contributed by atoms with Crippen LogP contribution in [0.15, 0.2) is 41.4 Å². The SMILES string of the molecule is COc1ccc(S(=O)(=O)NCCC(=O)Nc2ccc(N3CCCC3)cn2)cc1OC. The number of ether oxygens (including phenoxy) is 2. The summed E-state index contributed by atoms with van der Waals surface area (Å²) in [7, 11) is -0.890. The Morgan fingerprint density at radius 2 is 1.83 bits per heavy atom. The van der Waals surface area contributed by atoms with Gasteiger partial charge in [-0.15, -0.1) is 0 Å². The molecular weight excluding hydrogens is 408 g/mol. The van der Waals surface area contributed by atoms with Crippen LogP contribution >= 0.6 is 0 Å². The maximum atomic E-state index is 12.4. The molecule has 3 rings (SSSR count). The van der Waals surface area contributed by atoms with Gasteiger partial charge in [-0.1, -0.05) is 0 Å². The normalized spacial score (nSPS) is 13.9. The van der Waals surface area contributed by atoms with Crippen molar-refractivity contribution < 1.29 is 22.7 Å². The molecule has 1 aliphatic heterocycles. The molecule has 0 radical (unpaired) electrons. The van der Waals surface area contributed by atoms with Crippen LogP contribution in [0.4, 0.5) is 11.5 Å². The lowest BCUT2D eigenvalue weighted by molar-refractivity contribution is -0.116. The number of benzene rings is 1. The third-order valence-electron chi connectivity index (χ3n) is 4.80. The van der Waals surface area contributed by atoms with Crippen LogP contribution in [0.25, 0.3) is 0 Å². The van der Waals surface area contributed by atoms with Crippen molar-refractivity contribution in [2.45, 2.75) is 24.2 Å². The van der Waals surface area contributed by atoms with Crippen LogP contribution in [0.1, 0.15) is 19.3 Å². The number of hydrogen-bond donors (Lipinski definition) is 2. The van der Waals surface area contributed by atoms with E-state index in [2.05, 4.69) is 19.9 Å². The first-order valence-corrected chi connectivity index (χ1v) is 11.1. The third kappa shape index (κ3) is 5.39. The average Bonchev–Trinajstić information content (AvgIpc) is 3.28. The maximum absolute atomic E-state index is 12.4. The number of carbonyl (C=O) groups is 1. The minimum absolute atomic E-state index is 0.0257. The van der Waals surface area contributed by atoms with Gasteiger partial charge in [0, 0.05) is 32.1 Å². The molecule has 2 heterocycles. The van der Waals surface area contributed by atoms with Crippen molar-refractivity contribution in [2.24, 2.45) is 0 Å². The van der Waals surface area contributed by atoms with Crippen LogP contribution in [0.5, 0.6) is 11.5 Å². The number of aromatic nitrogens is 1. The number of hydrogen-bond acceptors (Lipinski definition) is 7. The Morgan fingerprint density at radius 3 is 2.47 bits per heavy atom. The van der Waals surface area contributed by atoms with Gasteiger partial charge in [0.25, 0.3) is 0 Å². The Labute approximate surface area is 176 Å². The fourth-order valence-electron chi connectivity index (χ4n) is 3.19. The van der Waals surface area contributed by atoms with E-state index >= 15 is 0 Å². The van der Waals surface area contributed by atoms with E-state index < -0.39 is 10.0 Å². The van der Waals surface area contributed by atoms with Gasteiger partial charge in [-0.2, -0.15) is 0 Å². The summed E-state index contributed by atoms with van der Waals surface area (Å²) in [5.41, 5.74) is 1.04. The summed E-state index contributed by atoms with van der Waals surface area (Å²) in [6.45, 7) is 2.00. The fourth-order valence-corrected chi connectivity index (χ4v) is 4.24. The van der Waals surface area contributed by atoms with Gasteiger partial charge in [-0.3, -0.25) is 4.79 Å². The van der Waals surface area contributed by atoms with E-state index in [0.29, 0.717) is 17.3 Å². The highest BCUT2D eigenvalue weighted by atomic mass is 32.2. The van der Waals surface area contributed by atoms with Crippen molar-refractivity contribution in [3.63, 3.8) is 0 Å². The number of nitrogens with zero attached hydrogens (tertiary/aromatic N) is 2. The molecule has 162 valence electrons. The molecule has 1 saturated heterocycles. The van der Waals surface area contributed by atoms with Gasteiger partial charge in [0.2, 0.25) is 15.9 Å². The predicted octanol–water partition coefficient (Wildman–Crippen LogP) is 2.01. The fraction of sp³-hybridized carbons (Fsp3) is 0.400. The van der Waals surface area contributed by atoms with Crippen molar-refractivity contribution in [2.75, 3.05) is 44.1 Å². The highest BCUT2D eigenvalue weighted by Crippen LogP contribution is 2.29. The number of carbonyl (C=O) groups excluding carboxylic acids is 1. The topological polar surface area (TPSA) is 110 Å². The molecule has 10 heteroatoms. The summed E-state index contributed by atoms with van der Waals surface area (Å²) in [5, 5.41) is 2.68. The number of pyridine rings is 1. The summed E-state index contributed by atoms with van der Waals surface area (Å²) in [6, 6.07) is 7.97. The molecule has 9 nitrogen and oxygen atoms in total. The molecule has 1 aromatic carbocycles. The maximum Gasteiger partial charge on any atom is 0.240 e. The number of methoxy groups -OCH3 is 2. The Kier molecular flexibility index (Phi) is 7.11. The highest BCUT2D eigenvalue weighted by Gasteiger charge is 2.17. The van der Waals surface area contributed by atoms with Crippen molar-refractivity contribution >= 4 is 27.4 Å². The van der Waals surface area contributed by atoms with E-state index in [1.807, 2.05) is 6.07 Å². The Hall–Kier alpha value is -2.85. The third-order valence-corrected chi connectivity index (χ3v) is 6.25. The Morgan fingerprint density at radius 1 is 1.10 bits per heavy atom. The van der Waals surface area contributed by atoms with E-state index in [-0.39, 0.29) is 23.8 Å². The van der Waals surface area contributed by atoms with Crippen LogP contribution < -0.4 is 24.4 Å². The van der Waals surface area contributed by atoms with Crippen LogP contribution in [0.3, 0.4) is 0 Å². The molecule has 30 heavy (non-hydrogen) atoms. The second kappa shape index (κ2) is 9.77. The molecule has 0 bridgehead atoms. The highest BCUT2D eigenvalue weighted by molar-refractivity contribution is 7.89. The molecule has 0 saturated carbocycles. The molecule has 1 amide bonds. The van der Waals surface area contributed by atoms with Gasteiger partial charge in [-0.05, 0) is 37.1 Å². The molecule has 0 unspecified atom stereocenters. The van der Waals surface area contributed by atoms with E-state index in [0.717, 1.165) is 18.8 Å². The van der Waals surface area contributed by atoms with Crippen molar-refractivity contribution in [3.05, 3.63) is 36.5 Å². The molecule has 0 spiro atoms. The Bertz CT molecular complexity index is 973. The molecule has 1 aliphatic rings. The van der Waals surface area contributed by atoms with Crippen molar-refractivity contribution in [1.29, 1.82) is 0 Å². The molecular formula is C20H26N4O5S. The number of amides is 1. The molecule has 1 aromatic heterocycles. The summed E-state index contributed by atoms with van der Waals surface area (Å²) in [4.78, 5) is 18.7. The molecule has 0 aliphatic carbocycles. The minimum atomic E-state index is -3.79. The summed E-state index contributed by atoms with van der Waals surface area (Å²) < 4.78 is 37.5. The molecule has 1 fully saturated rings. The van der Waals surface area contributed by atoms with Crippen LogP contribution in [-0.2, 0) is 14.8 Å². The number of sulfonamides is 1. The zero-order valence-corrected chi connectivity index (χ0v) is 17.9. The zero-order valence-electron chi connectivity index (χ0n) is 17.1. The smallest absolute Gasteiger partial charge is 0.240 e. The molecule has 2 N–H and O–H groups in total. The number of rotatable bonds is 9. The van der Waals surface area contributed by atoms with E-state index in [1.165, 1.54) is 45.3 Å². The Balaban J connectivity index is 1.51. The summed E-state index contributed by atoms with van der Waals surface area (Å²) >= 11 is 0. The second-order valence-corrected chi connectivity index (χ2v) is 8.58. The van der Waals surface area contributed by atoms with E-state index in [4.69, 9.17) is 9.47 Å². The average molecular weight is 435 g/mol. The first kappa shape index (κ1) is 21.8. The lowest BCUT2D eigenvalue weighted by Crippen LogP contribution is -2.28. The predicted molar refractivity (Wildman–Crippen MR) is 114 cm³/mol. The van der Waals surface area contributed by atoms with Crippen molar-refractivity contribution in [3.8, 4) is 11.5 Å². The molecule has 2 aromatic rings. The monoisotopic (exact) mass is 434 g/mol. The van der Waals surface area contributed by atoms with Crippen LogP contribution in [0, 0.1) is 0 Å². The summed E-state index contributed by atoms with van der Waals surface area (Å²) in [5.74, 6) is 0.845. The van der Waals surface area contributed by atoms with E-state index in [1.54, 1.807) is 12.3 Å². The first-order chi connectivity index (χ1) is 14.4. The zero-order chi connectivity index (χ0) is 21.6. The standard InChI is InChI=1S/C20H26N4O5S/c1-28-17-7-6-16(13-18(17)29-2)30(26,27)22-10-9-20(25)23-19-8-5-15(14-21-19)24-11-3-4-12-24/h5-8,13-14,22H,3-4,9-12H2,1-2H3,(H,21,23,25). The van der Waals surface area contributed by atoms with Crippen molar-refractivity contribution in [1.82, 2.24) is 9.71 Å². The lowest BCUT2D eigenvalue weighted by atomic mass is 10.3. The van der Waals surface area contributed by atoms with Gasteiger partial charge in [0.05, 0.1) is 31.0 Å².